The molecule has 2 heteroatoms. The van der Waals surface area contributed by atoms with Gasteiger partial charge in [0.25, 0.3) is 0 Å². The van der Waals surface area contributed by atoms with Crippen LogP contribution in [0.2, 0.25) is 0 Å². The molecule has 0 heterocycles. The van der Waals surface area contributed by atoms with Crippen LogP contribution in [0.5, 0.6) is 0 Å². The zero-order chi connectivity index (χ0) is 14.5. The van der Waals surface area contributed by atoms with Gasteiger partial charge in [-0.2, -0.15) is 11.8 Å². The second-order valence-electron chi connectivity index (χ2n) is 7.71. The van der Waals surface area contributed by atoms with E-state index in [1.807, 2.05) is 0 Å². The zero-order valence-electron chi connectivity index (χ0n) is 14.0. The Labute approximate surface area is 136 Å². The van der Waals surface area contributed by atoms with Crippen molar-refractivity contribution in [2.75, 3.05) is 5.75 Å². The highest BCUT2D eigenvalue weighted by Gasteiger charge is 2.35. The monoisotopic (exact) mass is 309 g/mol. The number of hydrogen-bond donors (Lipinski definition) is 1. The molecule has 3 aliphatic rings. The maximum Gasteiger partial charge on any atom is 0.0101 e. The molecule has 4 atom stereocenters. The molecular weight excluding hydrogens is 274 g/mol. The van der Waals surface area contributed by atoms with E-state index >= 15 is 0 Å². The zero-order valence-corrected chi connectivity index (χ0v) is 14.8. The first-order valence-electron chi connectivity index (χ1n) is 9.74. The fraction of sp³-hybridized carbons (Fsp3) is 1.00. The largest absolute Gasteiger partial charge is 0.311 e. The molecule has 122 valence electrons. The van der Waals surface area contributed by atoms with Gasteiger partial charge in [-0.15, -0.1) is 0 Å². The third kappa shape index (κ3) is 4.41. The van der Waals surface area contributed by atoms with Gasteiger partial charge >= 0.3 is 0 Å². The van der Waals surface area contributed by atoms with Gasteiger partial charge in [-0.25, -0.2) is 0 Å². The van der Waals surface area contributed by atoms with E-state index in [0.717, 1.165) is 29.2 Å². The predicted octanol–water partition coefficient (Wildman–Crippen LogP) is 5.39. The fourth-order valence-electron chi connectivity index (χ4n) is 5.27. The molecule has 21 heavy (non-hydrogen) atoms. The van der Waals surface area contributed by atoms with Crippen LogP contribution in [0.15, 0.2) is 0 Å². The molecule has 0 aromatic carbocycles. The highest BCUT2D eigenvalue weighted by molar-refractivity contribution is 7.99. The average molecular weight is 310 g/mol. The normalized spacial score (nSPS) is 38.7. The summed E-state index contributed by atoms with van der Waals surface area (Å²) in [6.07, 6.45) is 17.8. The predicted molar refractivity (Wildman–Crippen MR) is 95.0 cm³/mol. The lowest BCUT2D eigenvalue weighted by Gasteiger charge is -2.40. The van der Waals surface area contributed by atoms with Crippen LogP contribution in [-0.4, -0.2) is 23.1 Å². The summed E-state index contributed by atoms with van der Waals surface area (Å²) in [5, 5.41) is 5.09. The van der Waals surface area contributed by atoms with Crippen LogP contribution in [0.3, 0.4) is 0 Å². The topological polar surface area (TPSA) is 12.0 Å². The van der Waals surface area contributed by atoms with Crippen molar-refractivity contribution in [1.29, 1.82) is 0 Å². The summed E-state index contributed by atoms with van der Waals surface area (Å²) in [5.74, 6) is 3.36. The highest BCUT2D eigenvalue weighted by Crippen LogP contribution is 2.39. The van der Waals surface area contributed by atoms with E-state index in [0.29, 0.717) is 0 Å². The SMILES string of the molecule is CCSC1CCC(NC2CCCCC2C2CCCCC2)C1. The molecule has 1 nitrogen and oxygen atoms in total. The first-order valence-corrected chi connectivity index (χ1v) is 10.8. The Kier molecular flexibility index (Phi) is 6.35. The van der Waals surface area contributed by atoms with Gasteiger partial charge in [0.05, 0.1) is 0 Å². The van der Waals surface area contributed by atoms with E-state index in [-0.39, 0.29) is 0 Å². The van der Waals surface area contributed by atoms with Crippen molar-refractivity contribution in [2.24, 2.45) is 11.8 Å². The van der Waals surface area contributed by atoms with Crippen molar-refractivity contribution in [2.45, 2.75) is 101 Å². The van der Waals surface area contributed by atoms with Crippen LogP contribution >= 0.6 is 11.8 Å². The number of rotatable bonds is 5. The summed E-state index contributed by atoms with van der Waals surface area (Å²) in [5.41, 5.74) is 0. The summed E-state index contributed by atoms with van der Waals surface area (Å²) < 4.78 is 0. The average Bonchev–Trinajstić information content (AvgIpc) is 2.96. The summed E-state index contributed by atoms with van der Waals surface area (Å²) in [6.45, 7) is 2.31. The molecular formula is C19H35NS. The second-order valence-corrected chi connectivity index (χ2v) is 9.28. The van der Waals surface area contributed by atoms with Gasteiger partial charge in [0.15, 0.2) is 0 Å². The maximum absolute atomic E-state index is 4.14. The summed E-state index contributed by atoms with van der Waals surface area (Å²) >= 11 is 2.19. The van der Waals surface area contributed by atoms with E-state index < -0.39 is 0 Å². The third-order valence-corrected chi connectivity index (χ3v) is 7.54. The highest BCUT2D eigenvalue weighted by atomic mass is 32.2. The van der Waals surface area contributed by atoms with Crippen LogP contribution < -0.4 is 5.32 Å². The second kappa shape index (κ2) is 8.24. The van der Waals surface area contributed by atoms with E-state index in [1.165, 1.54) is 82.8 Å². The van der Waals surface area contributed by atoms with Gasteiger partial charge in [-0.1, -0.05) is 51.9 Å². The van der Waals surface area contributed by atoms with Crippen molar-refractivity contribution in [1.82, 2.24) is 5.32 Å². The lowest BCUT2D eigenvalue weighted by atomic mass is 9.71. The smallest absolute Gasteiger partial charge is 0.0101 e. The standard InChI is InChI=1S/C19H35NS/c1-2-21-17-13-12-16(14-17)20-19-11-7-6-10-18(19)15-8-4-3-5-9-15/h15-20H,2-14H2,1H3. The first-order chi connectivity index (χ1) is 10.4. The van der Waals surface area contributed by atoms with E-state index in [4.69, 9.17) is 0 Å². The molecule has 0 saturated heterocycles. The molecule has 0 amide bonds. The number of hydrogen-bond acceptors (Lipinski definition) is 2. The molecule has 0 bridgehead atoms. The Balaban J connectivity index is 1.52. The van der Waals surface area contributed by atoms with Crippen molar-refractivity contribution >= 4 is 11.8 Å². The minimum atomic E-state index is 0.836. The van der Waals surface area contributed by atoms with Crippen molar-refractivity contribution < 1.29 is 0 Å². The first kappa shape index (κ1) is 16.2. The van der Waals surface area contributed by atoms with Crippen molar-refractivity contribution in [3.05, 3.63) is 0 Å². The molecule has 0 spiro atoms. The Hall–Kier alpha value is 0.310. The van der Waals surface area contributed by atoms with Crippen LogP contribution in [0, 0.1) is 11.8 Å². The van der Waals surface area contributed by atoms with E-state index in [9.17, 15) is 0 Å². The Bertz CT molecular complexity index is 300. The van der Waals surface area contributed by atoms with Crippen LogP contribution in [-0.2, 0) is 0 Å². The minimum Gasteiger partial charge on any atom is -0.311 e. The Morgan fingerprint density at radius 1 is 0.857 bits per heavy atom. The van der Waals surface area contributed by atoms with Gasteiger partial charge in [-0.05, 0) is 49.7 Å². The Morgan fingerprint density at radius 2 is 1.62 bits per heavy atom. The van der Waals surface area contributed by atoms with Gasteiger partial charge in [0.2, 0.25) is 0 Å². The third-order valence-electron chi connectivity index (χ3n) is 6.31. The molecule has 1 N–H and O–H groups in total. The van der Waals surface area contributed by atoms with Gasteiger partial charge in [0.1, 0.15) is 0 Å². The number of thioether (sulfide) groups is 1. The molecule has 3 saturated carbocycles. The molecule has 4 unspecified atom stereocenters. The quantitative estimate of drug-likeness (QED) is 0.731. The summed E-state index contributed by atoms with van der Waals surface area (Å²) in [6, 6.07) is 1.69. The van der Waals surface area contributed by atoms with Gasteiger partial charge in [-0.3, -0.25) is 0 Å². The number of nitrogens with one attached hydrogen (secondary N) is 1. The van der Waals surface area contributed by atoms with Crippen LogP contribution in [0.1, 0.15) is 84.0 Å². The van der Waals surface area contributed by atoms with Gasteiger partial charge in [0, 0.05) is 17.3 Å². The molecule has 0 aromatic heterocycles. The van der Waals surface area contributed by atoms with Crippen LogP contribution in [0.4, 0.5) is 0 Å². The molecule has 3 fully saturated rings. The van der Waals surface area contributed by atoms with Crippen LogP contribution in [0.25, 0.3) is 0 Å². The van der Waals surface area contributed by atoms with E-state index in [1.54, 1.807) is 0 Å². The molecule has 0 aliphatic heterocycles. The maximum atomic E-state index is 4.14. The van der Waals surface area contributed by atoms with Crippen molar-refractivity contribution in [3.63, 3.8) is 0 Å². The Morgan fingerprint density at radius 3 is 2.43 bits per heavy atom. The lowest BCUT2D eigenvalue weighted by molar-refractivity contribution is 0.142. The minimum absolute atomic E-state index is 0.836. The molecule has 0 aromatic rings. The van der Waals surface area contributed by atoms with E-state index in [2.05, 4.69) is 24.0 Å². The lowest BCUT2D eigenvalue weighted by Crippen LogP contribution is -2.46. The van der Waals surface area contributed by atoms with Gasteiger partial charge < -0.3 is 5.32 Å². The molecule has 0 radical (unpaired) electrons. The summed E-state index contributed by atoms with van der Waals surface area (Å²) in [4.78, 5) is 0. The van der Waals surface area contributed by atoms with Crippen molar-refractivity contribution in [3.8, 4) is 0 Å². The molecule has 3 aliphatic carbocycles. The molecule has 3 rings (SSSR count). The fourth-order valence-corrected chi connectivity index (χ4v) is 6.42. The summed E-state index contributed by atoms with van der Waals surface area (Å²) in [7, 11) is 0.